The number of hydrogen-bond acceptors (Lipinski definition) is 16. The van der Waals surface area contributed by atoms with Crippen molar-refractivity contribution in [2.75, 3.05) is 20.3 Å². The van der Waals surface area contributed by atoms with E-state index in [0.29, 0.717) is 0 Å². The van der Waals surface area contributed by atoms with E-state index in [1.54, 1.807) is 0 Å². The highest BCUT2D eigenvalue weighted by atomic mass is 16.8. The monoisotopic (exact) mass is 626 g/mol. The van der Waals surface area contributed by atoms with Crippen molar-refractivity contribution in [3.05, 3.63) is 0 Å². The van der Waals surface area contributed by atoms with Crippen LogP contribution < -0.4 is 0 Å². The summed E-state index contributed by atoms with van der Waals surface area (Å²) in [6, 6.07) is 0. The lowest BCUT2D eigenvalue weighted by Crippen LogP contribution is -2.65. The predicted molar refractivity (Wildman–Crippen MR) is 139 cm³/mol. The Bertz CT molecular complexity index is 899. The second-order valence-corrected chi connectivity index (χ2v) is 12.5. The summed E-state index contributed by atoms with van der Waals surface area (Å²) in [5.41, 5.74) is 0. The molecule has 250 valence electrons. The molecule has 2 saturated carbocycles. The Kier molecular flexibility index (Phi) is 11.0. The minimum absolute atomic E-state index is 0.127. The molecule has 5 fully saturated rings. The molecule has 0 radical (unpaired) electrons. The van der Waals surface area contributed by atoms with Gasteiger partial charge in [0.1, 0.15) is 48.8 Å². The largest absolute Gasteiger partial charge is 0.394 e. The van der Waals surface area contributed by atoms with Crippen LogP contribution in [0, 0.1) is 11.8 Å². The molecule has 5 rings (SSSR count). The minimum atomic E-state index is -1.72. The highest BCUT2D eigenvalue weighted by Gasteiger charge is 2.54. The van der Waals surface area contributed by atoms with Gasteiger partial charge in [-0.1, -0.05) is 0 Å². The highest BCUT2D eigenvalue weighted by molar-refractivity contribution is 5.00. The second-order valence-electron chi connectivity index (χ2n) is 12.5. The molecular formula is C27H46O16. The van der Waals surface area contributed by atoms with Gasteiger partial charge in [0.25, 0.3) is 0 Å². The SMILES string of the molecule is COC1CC(C2OC3CC(O)CC(O)C3CC2O[C@@H]2O[C@H](CO)[C@@H](O)[C@H](O)[C@H]2O[C@@H]2OC[C@@H](O)[C@H](O)[C@H]2O)CC(O)C1O. The van der Waals surface area contributed by atoms with Crippen molar-refractivity contribution in [3.8, 4) is 0 Å². The molecule has 16 nitrogen and oxygen atoms in total. The maximum Gasteiger partial charge on any atom is 0.187 e. The molecule has 0 amide bonds. The first-order valence-corrected chi connectivity index (χ1v) is 14.9. The first kappa shape index (κ1) is 33.7. The number of ether oxygens (including phenoxy) is 6. The molecule has 3 aliphatic heterocycles. The number of fused-ring (bicyclic) bond motifs is 1. The maximum atomic E-state index is 11.0. The molecule has 0 aromatic rings. The van der Waals surface area contributed by atoms with Crippen molar-refractivity contribution >= 4 is 0 Å². The second kappa shape index (κ2) is 14.0. The van der Waals surface area contributed by atoms with E-state index >= 15 is 0 Å². The normalized spacial score (nSPS) is 54.6. The van der Waals surface area contributed by atoms with Crippen molar-refractivity contribution in [1.29, 1.82) is 0 Å². The Morgan fingerprint density at radius 3 is 2.09 bits per heavy atom. The van der Waals surface area contributed by atoms with Crippen LogP contribution in [0.5, 0.6) is 0 Å². The number of rotatable bonds is 7. The Balaban J connectivity index is 1.41. The van der Waals surface area contributed by atoms with Gasteiger partial charge < -0.3 is 79.5 Å². The molecule has 5 aliphatic rings. The number of aliphatic hydroxyl groups is 10. The van der Waals surface area contributed by atoms with Gasteiger partial charge in [0.15, 0.2) is 12.6 Å². The van der Waals surface area contributed by atoms with Gasteiger partial charge in [-0.05, 0) is 38.0 Å². The van der Waals surface area contributed by atoms with Crippen LogP contribution in [0.3, 0.4) is 0 Å². The van der Waals surface area contributed by atoms with Crippen LogP contribution in [-0.4, -0.2) is 176 Å². The number of hydrogen-bond donors (Lipinski definition) is 10. The smallest absolute Gasteiger partial charge is 0.187 e. The molecule has 16 heteroatoms. The topological polar surface area (TPSA) is 258 Å². The van der Waals surface area contributed by atoms with Crippen molar-refractivity contribution in [2.45, 2.75) is 136 Å². The van der Waals surface area contributed by atoms with Crippen molar-refractivity contribution in [3.63, 3.8) is 0 Å². The molecule has 10 N–H and O–H groups in total. The van der Waals surface area contributed by atoms with Crippen molar-refractivity contribution < 1.29 is 79.5 Å². The van der Waals surface area contributed by atoms with Gasteiger partial charge in [-0.3, -0.25) is 0 Å². The third-order valence-electron chi connectivity index (χ3n) is 9.69. The predicted octanol–water partition coefficient (Wildman–Crippen LogP) is -4.93. The van der Waals surface area contributed by atoms with Crippen LogP contribution in [0.25, 0.3) is 0 Å². The van der Waals surface area contributed by atoms with Gasteiger partial charge in [0.2, 0.25) is 0 Å². The van der Waals surface area contributed by atoms with E-state index in [-0.39, 0.29) is 38.7 Å². The van der Waals surface area contributed by atoms with Crippen molar-refractivity contribution in [2.24, 2.45) is 11.8 Å². The summed E-state index contributed by atoms with van der Waals surface area (Å²) in [4.78, 5) is 0. The van der Waals surface area contributed by atoms with Crippen LogP contribution in [0.4, 0.5) is 0 Å². The maximum absolute atomic E-state index is 11.0. The fourth-order valence-corrected chi connectivity index (χ4v) is 7.22. The zero-order chi connectivity index (χ0) is 31.2. The summed E-state index contributed by atoms with van der Waals surface area (Å²) in [7, 11) is 1.42. The lowest BCUT2D eigenvalue weighted by molar-refractivity contribution is -0.371. The minimum Gasteiger partial charge on any atom is -0.394 e. The Morgan fingerprint density at radius 2 is 1.40 bits per heavy atom. The summed E-state index contributed by atoms with van der Waals surface area (Å²) >= 11 is 0. The van der Waals surface area contributed by atoms with Gasteiger partial charge in [-0.15, -0.1) is 0 Å². The zero-order valence-corrected chi connectivity index (χ0v) is 23.8. The molecule has 43 heavy (non-hydrogen) atoms. The lowest BCUT2D eigenvalue weighted by Gasteiger charge is -2.52. The lowest BCUT2D eigenvalue weighted by atomic mass is 9.72. The standard InChI is InChI=1S/C27H46O16/c1-38-16-3-9(2-13(31)19(16)33)24-17(6-11-12(30)4-10(29)5-15(11)40-24)41-27-25(22(36)21(35)18(7-28)42-27)43-26-23(37)20(34)14(32)8-39-26/h9-37H,2-8H2,1H3/t9?,10?,11?,12?,13?,14-,15?,16?,17?,18-,19?,20+,21-,22+,23-,24?,25-,26+,27-/m1/s1. The molecule has 2 aliphatic carbocycles. The Morgan fingerprint density at radius 1 is 0.651 bits per heavy atom. The average molecular weight is 627 g/mol. The van der Waals surface area contributed by atoms with Gasteiger partial charge in [0.05, 0.1) is 55.9 Å². The Labute approximate surface area is 248 Å². The van der Waals surface area contributed by atoms with Crippen LogP contribution in [-0.2, 0) is 28.4 Å². The van der Waals surface area contributed by atoms with Crippen LogP contribution >= 0.6 is 0 Å². The van der Waals surface area contributed by atoms with Crippen LogP contribution in [0.2, 0.25) is 0 Å². The quantitative estimate of drug-likeness (QED) is 0.127. The van der Waals surface area contributed by atoms with Crippen LogP contribution in [0.15, 0.2) is 0 Å². The highest BCUT2D eigenvalue weighted by Crippen LogP contribution is 2.44. The zero-order valence-electron chi connectivity index (χ0n) is 23.8. The van der Waals surface area contributed by atoms with E-state index in [2.05, 4.69) is 0 Å². The van der Waals surface area contributed by atoms with E-state index in [1.807, 2.05) is 0 Å². The summed E-state index contributed by atoms with van der Waals surface area (Å²) in [6.07, 6.45) is -19.7. The molecule has 0 aromatic heterocycles. The fraction of sp³-hybridized carbons (Fsp3) is 1.00. The molecule has 3 heterocycles. The van der Waals surface area contributed by atoms with Crippen molar-refractivity contribution in [1.82, 2.24) is 0 Å². The molecule has 0 spiro atoms. The third kappa shape index (κ3) is 6.90. The first-order valence-electron chi connectivity index (χ1n) is 14.9. The average Bonchev–Trinajstić information content (AvgIpc) is 2.97. The van der Waals surface area contributed by atoms with E-state index in [1.165, 1.54) is 7.11 Å². The van der Waals surface area contributed by atoms with E-state index in [4.69, 9.17) is 28.4 Å². The fourth-order valence-electron chi connectivity index (χ4n) is 7.22. The van der Waals surface area contributed by atoms with E-state index in [0.717, 1.165) is 0 Å². The summed E-state index contributed by atoms with van der Waals surface area (Å²) in [5.74, 6) is -0.869. The first-order chi connectivity index (χ1) is 20.4. The molecular weight excluding hydrogens is 580 g/mol. The summed E-state index contributed by atoms with van der Waals surface area (Å²) in [6.45, 7) is -1.08. The third-order valence-corrected chi connectivity index (χ3v) is 9.69. The molecule has 0 bridgehead atoms. The molecule has 19 atom stereocenters. The van der Waals surface area contributed by atoms with Gasteiger partial charge >= 0.3 is 0 Å². The summed E-state index contributed by atoms with van der Waals surface area (Å²) in [5, 5.41) is 104. The Hall–Kier alpha value is -0.640. The van der Waals surface area contributed by atoms with E-state index in [9.17, 15) is 51.1 Å². The molecule has 3 saturated heterocycles. The number of methoxy groups -OCH3 is 1. The van der Waals surface area contributed by atoms with E-state index < -0.39 is 123 Å². The number of aliphatic hydroxyl groups excluding tert-OH is 10. The molecule has 0 aromatic carbocycles. The summed E-state index contributed by atoms with van der Waals surface area (Å²) < 4.78 is 35.2. The van der Waals surface area contributed by atoms with Gasteiger partial charge in [-0.2, -0.15) is 0 Å². The van der Waals surface area contributed by atoms with Crippen LogP contribution in [0.1, 0.15) is 32.1 Å². The molecule has 10 unspecified atom stereocenters. The van der Waals surface area contributed by atoms with Gasteiger partial charge in [0, 0.05) is 13.0 Å². The van der Waals surface area contributed by atoms with Gasteiger partial charge in [-0.25, -0.2) is 0 Å².